The van der Waals surface area contributed by atoms with Gasteiger partial charge in [0.15, 0.2) is 0 Å². The van der Waals surface area contributed by atoms with Gasteiger partial charge in [-0.25, -0.2) is 0 Å². The van der Waals surface area contributed by atoms with Gasteiger partial charge in [0.25, 0.3) is 5.91 Å². The molecule has 1 amide bonds. The summed E-state index contributed by atoms with van der Waals surface area (Å²) in [7, 11) is 0. The quantitative estimate of drug-likeness (QED) is 0.775. The van der Waals surface area contributed by atoms with Crippen molar-refractivity contribution in [2.75, 3.05) is 19.7 Å². The first kappa shape index (κ1) is 12.8. The number of piperidine rings is 1. The van der Waals surface area contributed by atoms with Gasteiger partial charge in [-0.3, -0.25) is 4.79 Å². The van der Waals surface area contributed by atoms with Gasteiger partial charge in [0.1, 0.15) is 5.60 Å². The van der Waals surface area contributed by atoms with E-state index in [9.17, 15) is 4.79 Å². The van der Waals surface area contributed by atoms with E-state index in [0.717, 1.165) is 25.9 Å². The summed E-state index contributed by atoms with van der Waals surface area (Å²) in [5, 5.41) is 6.51. The molecule has 0 aromatic carbocycles. The van der Waals surface area contributed by atoms with Crippen LogP contribution in [-0.4, -0.2) is 37.2 Å². The Labute approximate surface area is 103 Å². The van der Waals surface area contributed by atoms with E-state index in [1.54, 1.807) is 0 Å². The van der Waals surface area contributed by atoms with Gasteiger partial charge in [0, 0.05) is 19.2 Å². The number of hydrogen-bond acceptors (Lipinski definition) is 3. The summed E-state index contributed by atoms with van der Waals surface area (Å²) < 4.78 is 5.54. The molecule has 0 bridgehead atoms. The van der Waals surface area contributed by atoms with E-state index in [4.69, 9.17) is 4.74 Å². The minimum Gasteiger partial charge on any atom is -0.365 e. The molecule has 2 heterocycles. The summed E-state index contributed by atoms with van der Waals surface area (Å²) in [6.07, 6.45) is 4.32. The molecule has 2 aliphatic rings. The highest BCUT2D eigenvalue weighted by molar-refractivity contribution is 5.85. The fourth-order valence-corrected chi connectivity index (χ4v) is 2.74. The zero-order chi connectivity index (χ0) is 12.3. The first-order valence-corrected chi connectivity index (χ1v) is 6.77. The molecule has 3 unspecified atom stereocenters. The summed E-state index contributed by atoms with van der Waals surface area (Å²) in [5.74, 6) is 0.691. The Morgan fingerprint density at radius 3 is 3.00 bits per heavy atom. The summed E-state index contributed by atoms with van der Waals surface area (Å²) in [6, 6.07) is 0.415. The molecule has 4 heteroatoms. The minimum absolute atomic E-state index is 0.0505. The van der Waals surface area contributed by atoms with Crippen LogP contribution >= 0.6 is 0 Å². The van der Waals surface area contributed by atoms with E-state index in [2.05, 4.69) is 17.6 Å². The van der Waals surface area contributed by atoms with Gasteiger partial charge in [-0.05, 0) is 45.1 Å². The van der Waals surface area contributed by atoms with Crippen LogP contribution in [-0.2, 0) is 9.53 Å². The fourth-order valence-electron chi connectivity index (χ4n) is 2.74. The van der Waals surface area contributed by atoms with Crippen LogP contribution in [0.3, 0.4) is 0 Å². The summed E-state index contributed by atoms with van der Waals surface area (Å²) in [5.41, 5.74) is -0.585. The second-order valence-electron chi connectivity index (χ2n) is 5.57. The average molecular weight is 240 g/mol. The molecule has 0 radical (unpaired) electrons. The minimum atomic E-state index is -0.585. The lowest BCUT2D eigenvalue weighted by atomic mass is 9.92. The second-order valence-corrected chi connectivity index (χ2v) is 5.57. The normalized spacial score (nSPS) is 38.0. The van der Waals surface area contributed by atoms with Crippen molar-refractivity contribution in [1.82, 2.24) is 10.6 Å². The summed E-state index contributed by atoms with van der Waals surface area (Å²) in [4.78, 5) is 12.1. The number of nitrogens with one attached hydrogen (secondary N) is 2. The van der Waals surface area contributed by atoms with Gasteiger partial charge < -0.3 is 15.4 Å². The van der Waals surface area contributed by atoms with E-state index < -0.39 is 5.60 Å². The molecule has 2 fully saturated rings. The molecule has 0 spiro atoms. The van der Waals surface area contributed by atoms with Gasteiger partial charge in [-0.15, -0.1) is 0 Å². The molecule has 0 aliphatic carbocycles. The third-order valence-corrected chi connectivity index (χ3v) is 4.11. The molecular formula is C13H24N2O2. The Morgan fingerprint density at radius 1 is 1.53 bits per heavy atom. The fraction of sp³-hybridized carbons (Fsp3) is 0.923. The van der Waals surface area contributed by atoms with E-state index in [0.29, 0.717) is 18.6 Å². The van der Waals surface area contributed by atoms with Crippen molar-refractivity contribution in [3.8, 4) is 0 Å². The van der Waals surface area contributed by atoms with Crippen LogP contribution < -0.4 is 10.6 Å². The van der Waals surface area contributed by atoms with Gasteiger partial charge in [0.2, 0.25) is 0 Å². The van der Waals surface area contributed by atoms with Crippen molar-refractivity contribution in [2.45, 2.75) is 51.2 Å². The average Bonchev–Trinajstić information content (AvgIpc) is 2.76. The maximum absolute atomic E-state index is 12.1. The van der Waals surface area contributed by atoms with Crippen LogP contribution in [0, 0.1) is 5.92 Å². The predicted molar refractivity (Wildman–Crippen MR) is 66.8 cm³/mol. The van der Waals surface area contributed by atoms with Crippen LogP contribution in [0.25, 0.3) is 0 Å². The number of carbonyl (C=O) groups is 1. The number of amides is 1. The van der Waals surface area contributed by atoms with Gasteiger partial charge >= 0.3 is 0 Å². The second kappa shape index (κ2) is 5.36. The number of rotatable bonds is 3. The smallest absolute Gasteiger partial charge is 0.252 e. The first-order valence-electron chi connectivity index (χ1n) is 6.77. The molecule has 2 N–H and O–H groups in total. The maximum Gasteiger partial charge on any atom is 0.252 e. The van der Waals surface area contributed by atoms with Crippen LogP contribution in [0.4, 0.5) is 0 Å². The Balaban J connectivity index is 1.79. The van der Waals surface area contributed by atoms with E-state index in [1.165, 1.54) is 12.8 Å². The summed E-state index contributed by atoms with van der Waals surface area (Å²) >= 11 is 0. The van der Waals surface area contributed by atoms with Crippen molar-refractivity contribution in [1.29, 1.82) is 0 Å². The lowest BCUT2D eigenvalue weighted by Crippen LogP contribution is -2.52. The SMILES string of the molecule is CC1CCCNC1CNC(=O)C1(C)CCCO1. The lowest BCUT2D eigenvalue weighted by Gasteiger charge is -2.31. The Bertz CT molecular complexity index is 275. The highest BCUT2D eigenvalue weighted by atomic mass is 16.5. The molecule has 2 aliphatic heterocycles. The molecule has 0 saturated carbocycles. The van der Waals surface area contributed by atoms with Gasteiger partial charge in [0.05, 0.1) is 0 Å². The van der Waals surface area contributed by atoms with Gasteiger partial charge in [-0.2, -0.15) is 0 Å². The van der Waals surface area contributed by atoms with Crippen molar-refractivity contribution in [2.24, 2.45) is 5.92 Å². The Kier molecular flexibility index (Phi) is 4.05. The standard InChI is InChI=1S/C13H24N2O2/c1-10-5-3-7-14-11(10)9-15-12(16)13(2)6-4-8-17-13/h10-11,14H,3-9H2,1-2H3,(H,15,16). The van der Waals surface area contributed by atoms with Crippen LogP contribution in [0.15, 0.2) is 0 Å². The van der Waals surface area contributed by atoms with Crippen LogP contribution in [0.1, 0.15) is 39.5 Å². The zero-order valence-electron chi connectivity index (χ0n) is 10.9. The van der Waals surface area contributed by atoms with Crippen LogP contribution in [0.2, 0.25) is 0 Å². The largest absolute Gasteiger partial charge is 0.365 e. The predicted octanol–water partition coefficient (Wildman–Crippen LogP) is 1.06. The highest BCUT2D eigenvalue weighted by Crippen LogP contribution is 2.25. The zero-order valence-corrected chi connectivity index (χ0v) is 10.9. The number of ether oxygens (including phenoxy) is 1. The van der Waals surface area contributed by atoms with Crippen molar-refractivity contribution < 1.29 is 9.53 Å². The van der Waals surface area contributed by atoms with E-state index in [1.807, 2.05) is 6.92 Å². The summed E-state index contributed by atoms with van der Waals surface area (Å²) in [6.45, 7) is 6.64. The monoisotopic (exact) mass is 240 g/mol. The number of carbonyl (C=O) groups excluding carboxylic acids is 1. The molecule has 2 rings (SSSR count). The lowest BCUT2D eigenvalue weighted by molar-refractivity contribution is -0.139. The maximum atomic E-state index is 12.1. The molecule has 0 aromatic rings. The first-order chi connectivity index (χ1) is 8.12. The molecule has 0 aromatic heterocycles. The van der Waals surface area contributed by atoms with E-state index >= 15 is 0 Å². The van der Waals surface area contributed by atoms with Crippen molar-refractivity contribution >= 4 is 5.91 Å². The van der Waals surface area contributed by atoms with Crippen molar-refractivity contribution in [3.05, 3.63) is 0 Å². The van der Waals surface area contributed by atoms with Crippen molar-refractivity contribution in [3.63, 3.8) is 0 Å². The van der Waals surface area contributed by atoms with Gasteiger partial charge in [-0.1, -0.05) is 6.92 Å². The Hall–Kier alpha value is -0.610. The van der Waals surface area contributed by atoms with E-state index in [-0.39, 0.29) is 5.91 Å². The molecule has 98 valence electrons. The highest BCUT2D eigenvalue weighted by Gasteiger charge is 2.37. The molecule has 2 saturated heterocycles. The van der Waals surface area contributed by atoms with Crippen LogP contribution in [0.5, 0.6) is 0 Å². The molecule has 4 nitrogen and oxygen atoms in total. The third kappa shape index (κ3) is 2.99. The number of hydrogen-bond donors (Lipinski definition) is 2. The molecule has 17 heavy (non-hydrogen) atoms. The topological polar surface area (TPSA) is 50.4 Å². The molecule has 3 atom stereocenters. The third-order valence-electron chi connectivity index (χ3n) is 4.11. The molecular weight excluding hydrogens is 216 g/mol. The Morgan fingerprint density at radius 2 is 2.35 bits per heavy atom.